The van der Waals surface area contributed by atoms with E-state index in [4.69, 9.17) is 4.43 Å². The van der Waals surface area contributed by atoms with Crippen molar-refractivity contribution in [2.45, 2.75) is 71.0 Å². The average molecular weight is 228 g/mol. The summed E-state index contributed by atoms with van der Waals surface area (Å²) in [7, 11) is -1.20. The largest absolute Gasteiger partial charge is 0.417 e. The van der Waals surface area contributed by atoms with Crippen LogP contribution in [0.2, 0.25) is 18.6 Å². The number of unbranched alkanes of at least 4 members (excludes halogenated alkanes) is 1. The molecule has 1 fully saturated rings. The Labute approximate surface area is 96.7 Å². The fourth-order valence-electron chi connectivity index (χ4n) is 2.48. The molecular weight excluding hydrogens is 200 g/mol. The highest BCUT2D eigenvalue weighted by molar-refractivity contribution is 6.73. The zero-order chi connectivity index (χ0) is 11.1. The van der Waals surface area contributed by atoms with E-state index >= 15 is 0 Å². The Morgan fingerprint density at radius 3 is 2.40 bits per heavy atom. The van der Waals surface area contributed by atoms with Gasteiger partial charge in [-0.3, -0.25) is 0 Å². The van der Waals surface area contributed by atoms with Crippen LogP contribution in [0.5, 0.6) is 0 Å². The van der Waals surface area contributed by atoms with Gasteiger partial charge >= 0.3 is 0 Å². The Bertz CT molecular complexity index is 164. The molecule has 0 saturated carbocycles. The summed E-state index contributed by atoms with van der Waals surface area (Å²) in [5.74, 6) is 0.829. The van der Waals surface area contributed by atoms with Crippen LogP contribution in [0.25, 0.3) is 0 Å². The van der Waals surface area contributed by atoms with Crippen LogP contribution in [-0.2, 0) is 4.43 Å². The smallest absolute Gasteiger partial charge is 0.189 e. The van der Waals surface area contributed by atoms with E-state index in [1.54, 1.807) is 0 Å². The van der Waals surface area contributed by atoms with Crippen LogP contribution >= 0.6 is 0 Å². The van der Waals surface area contributed by atoms with Crippen molar-refractivity contribution in [3.8, 4) is 0 Å². The minimum Gasteiger partial charge on any atom is -0.417 e. The molecule has 0 amide bonds. The minimum atomic E-state index is -1.20. The third-order valence-corrected chi connectivity index (χ3v) is 7.56. The Kier molecular flexibility index (Phi) is 5.91. The first-order chi connectivity index (χ1) is 7.20. The van der Waals surface area contributed by atoms with Gasteiger partial charge < -0.3 is 4.43 Å². The van der Waals surface area contributed by atoms with E-state index in [2.05, 4.69) is 20.4 Å². The summed E-state index contributed by atoms with van der Waals surface area (Å²) in [4.78, 5) is 0. The second kappa shape index (κ2) is 6.69. The summed E-state index contributed by atoms with van der Waals surface area (Å²) in [6, 6.07) is 2.83. The van der Waals surface area contributed by atoms with Gasteiger partial charge in [0.1, 0.15) is 0 Å². The first-order valence-corrected chi connectivity index (χ1v) is 9.66. The van der Waals surface area contributed by atoms with Gasteiger partial charge in [-0.1, -0.05) is 46.0 Å². The predicted octanol–water partition coefficient (Wildman–Crippen LogP) is 4.59. The summed E-state index contributed by atoms with van der Waals surface area (Å²) < 4.78 is 6.28. The number of hydrogen-bond donors (Lipinski definition) is 0. The van der Waals surface area contributed by atoms with Gasteiger partial charge in [-0.2, -0.15) is 0 Å². The molecule has 0 N–H and O–H groups in total. The van der Waals surface area contributed by atoms with E-state index in [0.29, 0.717) is 0 Å². The van der Waals surface area contributed by atoms with Crippen molar-refractivity contribution in [2.75, 3.05) is 6.61 Å². The molecule has 1 atom stereocenters. The molecule has 0 aromatic rings. The van der Waals surface area contributed by atoms with Crippen LogP contribution in [0.4, 0.5) is 0 Å². The fourth-order valence-corrected chi connectivity index (χ4v) is 5.66. The maximum atomic E-state index is 6.28. The van der Waals surface area contributed by atoms with Crippen LogP contribution in [0.1, 0.15) is 52.4 Å². The van der Waals surface area contributed by atoms with E-state index in [-0.39, 0.29) is 0 Å². The van der Waals surface area contributed by atoms with E-state index in [1.165, 1.54) is 50.6 Å². The van der Waals surface area contributed by atoms with Crippen LogP contribution in [0.15, 0.2) is 0 Å². The zero-order valence-electron chi connectivity index (χ0n) is 10.8. The highest BCUT2D eigenvalue weighted by Gasteiger charge is 2.33. The molecule has 1 unspecified atom stereocenters. The minimum absolute atomic E-state index is 0.829. The monoisotopic (exact) mass is 228 g/mol. The number of rotatable bonds is 7. The van der Waals surface area contributed by atoms with Gasteiger partial charge in [0.15, 0.2) is 8.32 Å². The second-order valence-electron chi connectivity index (χ2n) is 5.38. The van der Waals surface area contributed by atoms with Gasteiger partial charge in [-0.25, -0.2) is 0 Å². The quantitative estimate of drug-likeness (QED) is 0.579. The molecule has 1 aliphatic heterocycles. The van der Waals surface area contributed by atoms with Crippen molar-refractivity contribution in [2.24, 2.45) is 5.92 Å². The molecule has 90 valence electrons. The molecular formula is C13H28OSi. The van der Waals surface area contributed by atoms with Crippen LogP contribution in [0.3, 0.4) is 0 Å². The molecule has 2 heteroatoms. The molecule has 1 rings (SSSR count). The highest BCUT2D eigenvalue weighted by Crippen LogP contribution is 2.31. The lowest BCUT2D eigenvalue weighted by Gasteiger charge is -2.25. The normalized spacial score (nSPS) is 21.8. The SMILES string of the molecule is CCCCC(CC)CO[Si]1(C)CCCC1. The maximum Gasteiger partial charge on any atom is 0.189 e. The third kappa shape index (κ3) is 4.69. The number of hydrogen-bond acceptors (Lipinski definition) is 1. The molecule has 1 saturated heterocycles. The summed E-state index contributed by atoms with van der Waals surface area (Å²) in [5, 5.41) is 0. The molecule has 0 spiro atoms. The summed E-state index contributed by atoms with van der Waals surface area (Å²) in [5.41, 5.74) is 0. The van der Waals surface area contributed by atoms with Gasteiger partial charge in [0.25, 0.3) is 0 Å². The second-order valence-corrected chi connectivity index (χ2v) is 9.57. The van der Waals surface area contributed by atoms with Crippen molar-refractivity contribution in [3.05, 3.63) is 0 Å². The lowest BCUT2D eigenvalue weighted by Crippen LogP contribution is -2.32. The summed E-state index contributed by atoms with van der Waals surface area (Å²) in [6.07, 6.45) is 8.22. The Morgan fingerprint density at radius 1 is 1.20 bits per heavy atom. The molecule has 1 nitrogen and oxygen atoms in total. The van der Waals surface area contributed by atoms with Crippen molar-refractivity contribution >= 4 is 8.32 Å². The van der Waals surface area contributed by atoms with Gasteiger partial charge in [-0.15, -0.1) is 0 Å². The van der Waals surface area contributed by atoms with Gasteiger partial charge in [-0.05, 0) is 31.0 Å². The van der Waals surface area contributed by atoms with Gasteiger partial charge in [0.2, 0.25) is 0 Å². The van der Waals surface area contributed by atoms with E-state index in [1.807, 2.05) is 0 Å². The summed E-state index contributed by atoms with van der Waals surface area (Å²) >= 11 is 0. The molecule has 1 aliphatic rings. The average Bonchev–Trinajstić information content (AvgIpc) is 2.66. The highest BCUT2D eigenvalue weighted by atomic mass is 28.4. The molecule has 15 heavy (non-hydrogen) atoms. The topological polar surface area (TPSA) is 9.23 Å². The van der Waals surface area contributed by atoms with Crippen molar-refractivity contribution in [3.63, 3.8) is 0 Å². The molecule has 0 aromatic heterocycles. The zero-order valence-corrected chi connectivity index (χ0v) is 11.8. The summed E-state index contributed by atoms with van der Waals surface area (Å²) in [6.45, 7) is 8.08. The Balaban J connectivity index is 2.20. The Hall–Kier alpha value is 0.177. The van der Waals surface area contributed by atoms with E-state index in [0.717, 1.165) is 12.5 Å². The van der Waals surface area contributed by atoms with E-state index in [9.17, 15) is 0 Å². The van der Waals surface area contributed by atoms with Crippen LogP contribution in [0, 0.1) is 5.92 Å². The lowest BCUT2D eigenvalue weighted by molar-refractivity contribution is 0.224. The van der Waals surface area contributed by atoms with Crippen LogP contribution in [-0.4, -0.2) is 14.9 Å². The van der Waals surface area contributed by atoms with Gasteiger partial charge in [0, 0.05) is 6.61 Å². The predicted molar refractivity (Wildman–Crippen MR) is 69.7 cm³/mol. The van der Waals surface area contributed by atoms with Crippen molar-refractivity contribution in [1.29, 1.82) is 0 Å². The maximum absolute atomic E-state index is 6.28. The lowest BCUT2D eigenvalue weighted by atomic mass is 10.0. The third-order valence-electron chi connectivity index (χ3n) is 3.87. The molecule has 0 aliphatic carbocycles. The van der Waals surface area contributed by atoms with Crippen molar-refractivity contribution < 1.29 is 4.43 Å². The molecule has 0 bridgehead atoms. The Morgan fingerprint density at radius 2 is 1.87 bits per heavy atom. The van der Waals surface area contributed by atoms with E-state index < -0.39 is 8.32 Å². The van der Waals surface area contributed by atoms with Gasteiger partial charge in [0.05, 0.1) is 0 Å². The molecule has 0 aromatic carbocycles. The first-order valence-electron chi connectivity index (χ1n) is 6.84. The first kappa shape index (κ1) is 13.2. The molecule has 0 radical (unpaired) electrons. The standard InChI is InChI=1S/C13H28OSi/c1-4-6-9-13(5-2)12-14-15(3)10-7-8-11-15/h13H,4-12H2,1-3H3. The fraction of sp³-hybridized carbons (Fsp3) is 1.00. The molecule has 1 heterocycles. The van der Waals surface area contributed by atoms with Crippen molar-refractivity contribution in [1.82, 2.24) is 0 Å². The van der Waals surface area contributed by atoms with Crippen LogP contribution < -0.4 is 0 Å².